The van der Waals surface area contributed by atoms with Crippen molar-refractivity contribution in [2.45, 2.75) is 52.1 Å². The van der Waals surface area contributed by atoms with Crippen LogP contribution in [0.3, 0.4) is 0 Å². The third-order valence-corrected chi connectivity index (χ3v) is 5.83. The maximum Gasteiger partial charge on any atom is 0.348 e. The highest BCUT2D eigenvalue weighted by atomic mass is 16.5. The van der Waals surface area contributed by atoms with E-state index in [-0.39, 0.29) is 18.5 Å². The molecule has 0 spiro atoms. The maximum absolute atomic E-state index is 13.2. The van der Waals surface area contributed by atoms with Crippen molar-refractivity contribution in [3.63, 3.8) is 0 Å². The predicted octanol–water partition coefficient (Wildman–Crippen LogP) is 3.20. The van der Waals surface area contributed by atoms with Crippen molar-refractivity contribution in [3.05, 3.63) is 75.6 Å². The van der Waals surface area contributed by atoms with Crippen LogP contribution in [-0.4, -0.2) is 39.0 Å². The molecule has 1 saturated heterocycles. The van der Waals surface area contributed by atoms with Crippen LogP contribution in [-0.2, 0) is 17.8 Å². The lowest BCUT2D eigenvalue weighted by Gasteiger charge is -2.34. The number of amides is 1. The molecule has 1 fully saturated rings. The molecule has 0 unspecified atom stereocenters. The Morgan fingerprint density at radius 2 is 2.09 bits per heavy atom. The Balaban J connectivity index is 1.51. The minimum atomic E-state index is -0.402. The summed E-state index contributed by atoms with van der Waals surface area (Å²) in [6.45, 7) is 4.17. The second kappa shape index (κ2) is 9.38. The number of ether oxygens (including phenoxy) is 1. The van der Waals surface area contributed by atoms with Gasteiger partial charge in [0.2, 0.25) is 11.8 Å². The van der Waals surface area contributed by atoms with Crippen LogP contribution in [0.4, 0.5) is 0 Å². The van der Waals surface area contributed by atoms with Gasteiger partial charge >= 0.3 is 5.69 Å². The fourth-order valence-corrected chi connectivity index (χ4v) is 4.22. The number of aromatic nitrogens is 3. The molecule has 8 nitrogen and oxygen atoms in total. The number of carbonyl (C=O) groups is 1. The number of hydrogen-bond acceptors (Lipinski definition) is 6. The molecule has 1 amide bonds. The molecule has 1 atom stereocenters. The summed E-state index contributed by atoms with van der Waals surface area (Å²) in [5.41, 5.74) is 2.03. The second-order valence-electron chi connectivity index (χ2n) is 8.20. The number of aryl methyl sites for hydroxylation is 2. The van der Waals surface area contributed by atoms with E-state index >= 15 is 0 Å². The number of oxazole rings is 1. The molecule has 0 N–H and O–H groups in total. The summed E-state index contributed by atoms with van der Waals surface area (Å²) in [4.78, 5) is 35.7. The molecule has 0 aliphatic carbocycles. The lowest BCUT2D eigenvalue weighted by atomic mass is 10.0. The molecule has 8 heteroatoms. The van der Waals surface area contributed by atoms with E-state index in [9.17, 15) is 9.59 Å². The number of piperidine rings is 1. The van der Waals surface area contributed by atoms with E-state index in [1.165, 1.54) is 4.57 Å². The van der Waals surface area contributed by atoms with Crippen molar-refractivity contribution in [1.82, 2.24) is 19.4 Å². The summed E-state index contributed by atoms with van der Waals surface area (Å²) >= 11 is 0. The average Bonchev–Trinajstić information content (AvgIpc) is 3.24. The Bertz CT molecular complexity index is 1170. The highest BCUT2D eigenvalue weighted by Crippen LogP contribution is 2.31. The van der Waals surface area contributed by atoms with Crippen LogP contribution >= 0.6 is 0 Å². The lowest BCUT2D eigenvalue weighted by molar-refractivity contribution is -0.136. The molecule has 0 saturated carbocycles. The standard InChI is InChI=1S/C24H28N4O4/c1-16-11-17(2)28(24(30)26-16)15-22(29)27-10-5-4-9-21(27)23-25-14-20(32-23)13-18-7-6-8-19(12-18)31-3/h6-8,11-12,14,21H,4-5,9-10,13,15H2,1-3H3/t21-/m1/s1. The third kappa shape index (κ3) is 4.74. The molecule has 1 aliphatic heterocycles. The quantitative estimate of drug-likeness (QED) is 0.589. The molecule has 0 radical (unpaired) electrons. The van der Waals surface area contributed by atoms with Gasteiger partial charge in [0.05, 0.1) is 13.3 Å². The number of nitrogens with zero attached hydrogens (tertiary/aromatic N) is 4. The molecule has 3 heterocycles. The summed E-state index contributed by atoms with van der Waals surface area (Å²) in [5, 5.41) is 0. The fraction of sp³-hybridized carbons (Fsp3) is 0.417. The Labute approximate surface area is 186 Å². The molecule has 0 bridgehead atoms. The van der Waals surface area contributed by atoms with Crippen LogP contribution in [0.15, 0.2) is 45.7 Å². The minimum Gasteiger partial charge on any atom is -0.497 e. The van der Waals surface area contributed by atoms with E-state index in [0.29, 0.717) is 24.6 Å². The highest BCUT2D eigenvalue weighted by Gasteiger charge is 2.31. The van der Waals surface area contributed by atoms with Crippen molar-refractivity contribution in [2.24, 2.45) is 0 Å². The summed E-state index contributed by atoms with van der Waals surface area (Å²) in [7, 11) is 1.64. The number of likely N-dealkylation sites (tertiary alicyclic amines) is 1. The summed E-state index contributed by atoms with van der Waals surface area (Å²) in [6, 6.07) is 9.39. The maximum atomic E-state index is 13.2. The van der Waals surface area contributed by atoms with Gasteiger partial charge < -0.3 is 14.1 Å². The fourth-order valence-electron chi connectivity index (χ4n) is 4.22. The SMILES string of the molecule is COc1cccc(Cc2cnc([C@H]3CCCCN3C(=O)Cn3c(C)cc(C)nc3=O)o2)c1. The van der Waals surface area contributed by atoms with Crippen LogP contribution in [0, 0.1) is 13.8 Å². The zero-order chi connectivity index (χ0) is 22.7. The summed E-state index contributed by atoms with van der Waals surface area (Å²) in [5.74, 6) is 1.95. The first-order valence-electron chi connectivity index (χ1n) is 10.9. The number of carbonyl (C=O) groups excluding carboxylic acids is 1. The predicted molar refractivity (Wildman–Crippen MR) is 119 cm³/mol. The molecule has 1 aliphatic rings. The highest BCUT2D eigenvalue weighted by molar-refractivity contribution is 5.76. The molecule has 4 rings (SSSR count). The van der Waals surface area contributed by atoms with Crippen LogP contribution in [0.1, 0.15) is 53.9 Å². The third-order valence-electron chi connectivity index (χ3n) is 5.83. The molecule has 1 aromatic carbocycles. The molecular formula is C24H28N4O4. The van der Waals surface area contributed by atoms with Gasteiger partial charge in [0, 0.05) is 24.4 Å². The van der Waals surface area contributed by atoms with Gasteiger partial charge in [-0.1, -0.05) is 12.1 Å². The normalized spacial score (nSPS) is 16.2. The molecule has 3 aromatic rings. The average molecular weight is 437 g/mol. The van der Waals surface area contributed by atoms with E-state index < -0.39 is 5.69 Å². The van der Waals surface area contributed by atoms with E-state index in [1.54, 1.807) is 31.2 Å². The van der Waals surface area contributed by atoms with Gasteiger partial charge in [0.1, 0.15) is 24.1 Å². The van der Waals surface area contributed by atoms with Gasteiger partial charge in [-0.05, 0) is 56.9 Å². The molecule has 32 heavy (non-hydrogen) atoms. The van der Waals surface area contributed by atoms with Crippen LogP contribution < -0.4 is 10.4 Å². The van der Waals surface area contributed by atoms with Crippen LogP contribution in [0.5, 0.6) is 5.75 Å². The Kier molecular flexibility index (Phi) is 6.39. The smallest absolute Gasteiger partial charge is 0.348 e. The number of rotatable bonds is 6. The van der Waals surface area contributed by atoms with E-state index in [4.69, 9.17) is 9.15 Å². The van der Waals surface area contributed by atoms with Gasteiger partial charge in [0.15, 0.2) is 0 Å². The Morgan fingerprint density at radius 1 is 1.25 bits per heavy atom. The second-order valence-corrected chi connectivity index (χ2v) is 8.20. The topological polar surface area (TPSA) is 90.5 Å². The molecular weight excluding hydrogens is 408 g/mol. The van der Waals surface area contributed by atoms with E-state index in [1.807, 2.05) is 31.2 Å². The van der Waals surface area contributed by atoms with Crippen molar-refractivity contribution >= 4 is 5.91 Å². The van der Waals surface area contributed by atoms with Crippen LogP contribution in [0.2, 0.25) is 0 Å². The molecule has 168 valence electrons. The largest absolute Gasteiger partial charge is 0.497 e. The monoisotopic (exact) mass is 436 g/mol. The summed E-state index contributed by atoms with van der Waals surface area (Å²) in [6.07, 6.45) is 5.01. The van der Waals surface area contributed by atoms with Gasteiger partial charge in [-0.2, -0.15) is 4.98 Å². The Morgan fingerprint density at radius 3 is 2.88 bits per heavy atom. The van der Waals surface area contributed by atoms with Crippen molar-refractivity contribution in [2.75, 3.05) is 13.7 Å². The minimum absolute atomic E-state index is 0.0359. The van der Waals surface area contributed by atoms with E-state index in [2.05, 4.69) is 9.97 Å². The first kappa shape index (κ1) is 21.8. The van der Waals surface area contributed by atoms with Gasteiger partial charge in [0.25, 0.3) is 0 Å². The van der Waals surface area contributed by atoms with Crippen LogP contribution in [0.25, 0.3) is 0 Å². The van der Waals surface area contributed by atoms with Gasteiger partial charge in [-0.3, -0.25) is 9.36 Å². The lowest BCUT2D eigenvalue weighted by Crippen LogP contribution is -2.42. The van der Waals surface area contributed by atoms with Gasteiger partial charge in [-0.25, -0.2) is 9.78 Å². The summed E-state index contributed by atoms with van der Waals surface area (Å²) < 4.78 is 12.8. The van der Waals surface area contributed by atoms with Crippen molar-refractivity contribution < 1.29 is 13.9 Å². The first-order valence-corrected chi connectivity index (χ1v) is 10.9. The number of hydrogen-bond donors (Lipinski definition) is 0. The zero-order valence-corrected chi connectivity index (χ0v) is 18.7. The number of methoxy groups -OCH3 is 1. The Hall–Kier alpha value is -3.42. The first-order chi connectivity index (χ1) is 15.4. The van der Waals surface area contributed by atoms with Gasteiger partial charge in [-0.15, -0.1) is 0 Å². The number of benzene rings is 1. The molecule has 2 aromatic heterocycles. The van der Waals surface area contributed by atoms with E-state index in [0.717, 1.165) is 42.0 Å². The van der Waals surface area contributed by atoms with Crippen molar-refractivity contribution in [3.8, 4) is 5.75 Å². The zero-order valence-electron chi connectivity index (χ0n) is 18.7. The van der Waals surface area contributed by atoms with Crippen molar-refractivity contribution in [1.29, 1.82) is 0 Å².